The van der Waals surface area contributed by atoms with Crippen LogP contribution in [-0.2, 0) is 6.42 Å². The summed E-state index contributed by atoms with van der Waals surface area (Å²) >= 11 is 0. The molecule has 0 bridgehead atoms. The van der Waals surface area contributed by atoms with Crippen LogP contribution < -0.4 is 10.1 Å². The number of carbonyl (C=O) groups is 1. The Labute approximate surface area is 132 Å². The molecule has 0 fully saturated rings. The summed E-state index contributed by atoms with van der Waals surface area (Å²) in [5, 5.41) is 6.66. The van der Waals surface area contributed by atoms with Crippen LogP contribution in [0, 0.1) is 0 Å². The minimum Gasteiger partial charge on any atom is -0.497 e. The van der Waals surface area contributed by atoms with E-state index < -0.39 is 0 Å². The predicted molar refractivity (Wildman–Crippen MR) is 81.0 cm³/mol. The molecular formula is C16H15N3O4. The molecule has 0 aliphatic rings. The van der Waals surface area contributed by atoms with E-state index >= 15 is 0 Å². The first kappa shape index (κ1) is 14.8. The molecule has 0 aliphatic heterocycles. The predicted octanol–water partition coefficient (Wildman–Crippen LogP) is 2.31. The Morgan fingerprint density at radius 2 is 2.22 bits per heavy atom. The molecule has 0 atom stereocenters. The zero-order valence-electron chi connectivity index (χ0n) is 12.5. The molecule has 118 valence electrons. The number of benzene rings is 1. The average Bonchev–Trinajstić information content (AvgIpc) is 3.26. The Kier molecular flexibility index (Phi) is 4.37. The fourth-order valence-corrected chi connectivity index (χ4v) is 2.01. The van der Waals surface area contributed by atoms with E-state index in [0.717, 1.165) is 11.3 Å². The van der Waals surface area contributed by atoms with Crippen molar-refractivity contribution in [2.24, 2.45) is 0 Å². The molecule has 1 N–H and O–H groups in total. The molecule has 3 aromatic rings. The molecule has 0 saturated carbocycles. The summed E-state index contributed by atoms with van der Waals surface area (Å²) in [4.78, 5) is 16.0. The van der Waals surface area contributed by atoms with Gasteiger partial charge >= 0.3 is 0 Å². The lowest BCUT2D eigenvalue weighted by atomic mass is 10.2. The van der Waals surface area contributed by atoms with Gasteiger partial charge in [0.05, 0.1) is 13.4 Å². The molecule has 0 aliphatic carbocycles. The van der Waals surface area contributed by atoms with Gasteiger partial charge in [0.25, 0.3) is 5.91 Å². The number of rotatable bonds is 6. The molecule has 0 saturated heterocycles. The SMILES string of the molecule is COc1cccc(-c2noc(CCNC(=O)c3ccco3)n2)c1. The largest absolute Gasteiger partial charge is 0.497 e. The zero-order valence-corrected chi connectivity index (χ0v) is 12.5. The summed E-state index contributed by atoms with van der Waals surface area (Å²) in [5.41, 5.74) is 0.805. The van der Waals surface area contributed by atoms with Crippen molar-refractivity contribution in [3.63, 3.8) is 0 Å². The van der Waals surface area contributed by atoms with Gasteiger partial charge in [-0.1, -0.05) is 17.3 Å². The third kappa shape index (κ3) is 3.57. The van der Waals surface area contributed by atoms with Gasteiger partial charge in [-0.05, 0) is 24.3 Å². The van der Waals surface area contributed by atoms with Crippen molar-refractivity contribution >= 4 is 5.91 Å². The van der Waals surface area contributed by atoms with Gasteiger partial charge in [0, 0.05) is 18.5 Å². The van der Waals surface area contributed by atoms with Crippen LogP contribution in [0.25, 0.3) is 11.4 Å². The number of carbonyl (C=O) groups excluding carboxylic acids is 1. The first-order valence-electron chi connectivity index (χ1n) is 7.05. The summed E-state index contributed by atoms with van der Waals surface area (Å²) < 4.78 is 15.4. The van der Waals surface area contributed by atoms with Crippen LogP contribution in [0.15, 0.2) is 51.6 Å². The number of hydrogen-bond acceptors (Lipinski definition) is 6. The van der Waals surface area contributed by atoms with E-state index in [1.165, 1.54) is 6.26 Å². The second-order valence-corrected chi connectivity index (χ2v) is 4.73. The Bertz CT molecular complexity index is 780. The summed E-state index contributed by atoms with van der Waals surface area (Å²) in [7, 11) is 1.60. The van der Waals surface area contributed by atoms with Crippen molar-refractivity contribution in [2.45, 2.75) is 6.42 Å². The fraction of sp³-hybridized carbons (Fsp3) is 0.188. The highest BCUT2D eigenvalue weighted by Crippen LogP contribution is 2.21. The van der Waals surface area contributed by atoms with Crippen LogP contribution in [0.4, 0.5) is 0 Å². The molecule has 2 heterocycles. The normalized spacial score (nSPS) is 10.5. The fourth-order valence-electron chi connectivity index (χ4n) is 2.01. The molecule has 0 spiro atoms. The van der Waals surface area contributed by atoms with E-state index in [2.05, 4.69) is 15.5 Å². The topological polar surface area (TPSA) is 90.4 Å². The molecule has 3 rings (SSSR count). The van der Waals surface area contributed by atoms with Crippen molar-refractivity contribution in [2.75, 3.05) is 13.7 Å². The number of amides is 1. The molecule has 2 aromatic heterocycles. The first-order valence-corrected chi connectivity index (χ1v) is 7.05. The van der Waals surface area contributed by atoms with Gasteiger partial charge in [0.1, 0.15) is 5.75 Å². The number of nitrogens with zero attached hydrogens (tertiary/aromatic N) is 2. The summed E-state index contributed by atoms with van der Waals surface area (Å²) in [6, 6.07) is 10.7. The summed E-state index contributed by atoms with van der Waals surface area (Å²) in [6.07, 6.45) is 1.89. The Hall–Kier alpha value is -3.09. The van der Waals surface area contributed by atoms with E-state index in [1.54, 1.807) is 19.2 Å². The van der Waals surface area contributed by atoms with E-state index in [0.29, 0.717) is 24.7 Å². The van der Waals surface area contributed by atoms with Gasteiger partial charge in [0.15, 0.2) is 5.76 Å². The van der Waals surface area contributed by atoms with Crippen LogP contribution in [0.3, 0.4) is 0 Å². The van der Waals surface area contributed by atoms with Gasteiger partial charge in [-0.3, -0.25) is 4.79 Å². The molecule has 0 radical (unpaired) electrons. The Balaban J connectivity index is 1.58. The van der Waals surface area contributed by atoms with Crippen LogP contribution in [0.1, 0.15) is 16.4 Å². The highest BCUT2D eigenvalue weighted by molar-refractivity contribution is 5.91. The molecule has 7 nitrogen and oxygen atoms in total. The monoisotopic (exact) mass is 313 g/mol. The molecular weight excluding hydrogens is 298 g/mol. The van der Waals surface area contributed by atoms with Crippen molar-refractivity contribution < 1.29 is 18.5 Å². The summed E-state index contributed by atoms with van der Waals surface area (Å²) in [6.45, 7) is 0.374. The molecule has 7 heteroatoms. The first-order chi connectivity index (χ1) is 11.3. The van der Waals surface area contributed by atoms with E-state index in [1.807, 2.05) is 24.3 Å². The van der Waals surface area contributed by atoms with Crippen LogP contribution in [0.2, 0.25) is 0 Å². The maximum atomic E-state index is 11.7. The smallest absolute Gasteiger partial charge is 0.286 e. The second kappa shape index (κ2) is 6.78. The average molecular weight is 313 g/mol. The summed E-state index contributed by atoms with van der Waals surface area (Å²) in [5.74, 6) is 1.65. The van der Waals surface area contributed by atoms with Gasteiger partial charge in [-0.15, -0.1) is 0 Å². The van der Waals surface area contributed by atoms with Crippen LogP contribution in [0.5, 0.6) is 5.75 Å². The molecule has 1 amide bonds. The van der Waals surface area contributed by atoms with Gasteiger partial charge in [-0.2, -0.15) is 4.98 Å². The molecule has 1 aromatic carbocycles. The van der Waals surface area contributed by atoms with Crippen molar-refractivity contribution in [3.8, 4) is 17.1 Å². The number of furan rings is 1. The highest BCUT2D eigenvalue weighted by Gasteiger charge is 2.11. The maximum absolute atomic E-state index is 11.7. The quantitative estimate of drug-likeness (QED) is 0.751. The number of nitrogens with one attached hydrogen (secondary N) is 1. The lowest BCUT2D eigenvalue weighted by Crippen LogP contribution is -2.25. The van der Waals surface area contributed by atoms with E-state index in [4.69, 9.17) is 13.7 Å². The maximum Gasteiger partial charge on any atom is 0.286 e. The third-order valence-electron chi connectivity index (χ3n) is 3.17. The van der Waals surface area contributed by atoms with E-state index in [-0.39, 0.29) is 11.7 Å². The van der Waals surface area contributed by atoms with Crippen molar-refractivity contribution in [3.05, 3.63) is 54.3 Å². The highest BCUT2D eigenvalue weighted by atomic mass is 16.5. The lowest BCUT2D eigenvalue weighted by Gasteiger charge is -2.00. The standard InChI is InChI=1S/C16H15N3O4/c1-21-12-5-2-4-11(10-12)15-18-14(23-19-15)7-8-17-16(20)13-6-3-9-22-13/h2-6,9-10H,7-8H2,1H3,(H,17,20). The molecule has 0 unspecified atom stereocenters. The number of aromatic nitrogens is 2. The number of methoxy groups -OCH3 is 1. The molecule has 23 heavy (non-hydrogen) atoms. The van der Waals surface area contributed by atoms with Gasteiger partial charge in [0.2, 0.25) is 11.7 Å². The minimum absolute atomic E-state index is 0.271. The second-order valence-electron chi connectivity index (χ2n) is 4.73. The Morgan fingerprint density at radius 1 is 1.30 bits per heavy atom. The van der Waals surface area contributed by atoms with Crippen LogP contribution >= 0.6 is 0 Å². The Morgan fingerprint density at radius 3 is 3.00 bits per heavy atom. The van der Waals surface area contributed by atoms with Gasteiger partial charge in [-0.25, -0.2) is 0 Å². The number of hydrogen-bond donors (Lipinski definition) is 1. The van der Waals surface area contributed by atoms with Crippen LogP contribution in [-0.4, -0.2) is 29.7 Å². The zero-order chi connectivity index (χ0) is 16.1. The third-order valence-corrected chi connectivity index (χ3v) is 3.17. The minimum atomic E-state index is -0.275. The van der Waals surface area contributed by atoms with Crippen molar-refractivity contribution in [1.29, 1.82) is 0 Å². The van der Waals surface area contributed by atoms with Crippen molar-refractivity contribution in [1.82, 2.24) is 15.5 Å². The lowest BCUT2D eigenvalue weighted by molar-refractivity contribution is 0.0925. The number of ether oxygens (including phenoxy) is 1. The van der Waals surface area contributed by atoms with Gasteiger partial charge < -0.3 is 19.0 Å². The van der Waals surface area contributed by atoms with E-state index in [9.17, 15) is 4.79 Å².